The summed E-state index contributed by atoms with van der Waals surface area (Å²) >= 11 is 0. The molecular weight excluding hydrogens is 322 g/mol. The van der Waals surface area contributed by atoms with Gasteiger partial charge < -0.3 is 14.7 Å². The maximum absolute atomic E-state index is 12.4. The zero-order valence-electron chi connectivity index (χ0n) is 13.5. The average molecular weight is 347 g/mol. The first-order valence-electron chi connectivity index (χ1n) is 8.03. The van der Waals surface area contributed by atoms with E-state index in [0.29, 0.717) is 39.3 Å². The molecule has 1 amide bonds. The Labute approximate surface area is 137 Å². The number of rotatable bonds is 4. The minimum absolute atomic E-state index is 0.0391. The third kappa shape index (κ3) is 3.85. The highest BCUT2D eigenvalue weighted by Crippen LogP contribution is 2.27. The van der Waals surface area contributed by atoms with Crippen LogP contribution >= 0.6 is 0 Å². The first-order valence-corrected chi connectivity index (χ1v) is 9.88. The predicted octanol–water partition coefficient (Wildman–Crippen LogP) is -1.83. The number of likely N-dealkylation sites (tertiary alicyclic amines) is 1. The van der Waals surface area contributed by atoms with Crippen molar-refractivity contribution in [2.24, 2.45) is 5.92 Å². The van der Waals surface area contributed by atoms with E-state index in [4.69, 9.17) is 4.74 Å². The number of hydrogen-bond acceptors (Lipinski definition) is 6. The van der Waals surface area contributed by atoms with Crippen LogP contribution in [-0.4, -0.2) is 104 Å². The van der Waals surface area contributed by atoms with Gasteiger partial charge in [0.25, 0.3) is 0 Å². The Bertz CT molecular complexity index is 557. The minimum atomic E-state index is -3.20. The molecular formula is C14H25N3O5S. The Morgan fingerprint density at radius 2 is 1.91 bits per heavy atom. The molecule has 0 aliphatic carbocycles. The van der Waals surface area contributed by atoms with Crippen molar-refractivity contribution in [3.63, 3.8) is 0 Å². The molecule has 0 unspecified atom stereocenters. The van der Waals surface area contributed by atoms with Gasteiger partial charge in [0.15, 0.2) is 0 Å². The summed E-state index contributed by atoms with van der Waals surface area (Å²) in [6, 6.07) is 0. The van der Waals surface area contributed by atoms with Crippen molar-refractivity contribution >= 4 is 15.9 Å². The van der Waals surface area contributed by atoms with E-state index in [-0.39, 0.29) is 24.9 Å². The van der Waals surface area contributed by atoms with E-state index in [1.54, 1.807) is 4.90 Å². The molecule has 0 spiro atoms. The largest absolute Gasteiger partial charge is 0.387 e. The molecule has 0 aromatic rings. The van der Waals surface area contributed by atoms with Crippen LogP contribution < -0.4 is 0 Å². The van der Waals surface area contributed by atoms with Crippen molar-refractivity contribution in [3.05, 3.63) is 0 Å². The molecule has 3 aliphatic heterocycles. The van der Waals surface area contributed by atoms with Gasteiger partial charge in [0.1, 0.15) is 0 Å². The van der Waals surface area contributed by atoms with Crippen LogP contribution in [0.1, 0.15) is 6.42 Å². The first-order chi connectivity index (χ1) is 10.8. The van der Waals surface area contributed by atoms with Crippen molar-refractivity contribution in [3.8, 4) is 0 Å². The molecule has 3 heterocycles. The Morgan fingerprint density at radius 3 is 2.52 bits per heavy atom. The van der Waals surface area contributed by atoms with Gasteiger partial charge in [0, 0.05) is 39.3 Å². The predicted molar refractivity (Wildman–Crippen MR) is 83.3 cm³/mol. The van der Waals surface area contributed by atoms with Crippen molar-refractivity contribution in [1.29, 1.82) is 0 Å². The van der Waals surface area contributed by atoms with Crippen LogP contribution in [0, 0.1) is 5.92 Å². The quantitative estimate of drug-likeness (QED) is 0.644. The summed E-state index contributed by atoms with van der Waals surface area (Å²) < 4.78 is 29.4. The van der Waals surface area contributed by atoms with Crippen molar-refractivity contribution in [2.45, 2.75) is 12.0 Å². The molecule has 1 atom stereocenters. The second-order valence-corrected chi connectivity index (χ2v) is 8.88. The average Bonchev–Trinajstić information content (AvgIpc) is 2.78. The van der Waals surface area contributed by atoms with Gasteiger partial charge in [-0.2, -0.15) is 0 Å². The van der Waals surface area contributed by atoms with E-state index in [1.165, 1.54) is 4.31 Å². The molecule has 0 radical (unpaired) electrons. The van der Waals surface area contributed by atoms with Gasteiger partial charge in [-0.05, 0) is 6.42 Å². The summed E-state index contributed by atoms with van der Waals surface area (Å²) in [4.78, 5) is 16.3. The number of β-amino-alcohol motifs (C(OH)–C–C–N with tert-alkyl or cyclic N) is 1. The molecule has 132 valence electrons. The minimum Gasteiger partial charge on any atom is -0.387 e. The fourth-order valence-corrected chi connectivity index (χ4v) is 4.37. The van der Waals surface area contributed by atoms with Gasteiger partial charge in [-0.1, -0.05) is 0 Å². The fraction of sp³-hybridized carbons (Fsp3) is 0.929. The zero-order chi connectivity index (χ0) is 16.7. The number of sulfonamides is 1. The second kappa shape index (κ2) is 6.29. The number of ether oxygens (including phenoxy) is 1. The topological polar surface area (TPSA) is 90.4 Å². The molecule has 3 rings (SSSR count). The van der Waals surface area contributed by atoms with Crippen molar-refractivity contribution in [2.75, 3.05) is 65.3 Å². The van der Waals surface area contributed by atoms with E-state index in [0.717, 1.165) is 19.3 Å². The van der Waals surface area contributed by atoms with Crippen LogP contribution in [0.3, 0.4) is 0 Å². The summed E-state index contributed by atoms with van der Waals surface area (Å²) in [7, 11) is -3.20. The number of nitrogens with zero attached hydrogens (tertiary/aromatic N) is 3. The smallest absolute Gasteiger partial charge is 0.228 e. The summed E-state index contributed by atoms with van der Waals surface area (Å²) in [6.45, 7) is 4.93. The lowest BCUT2D eigenvalue weighted by Gasteiger charge is -2.38. The summed E-state index contributed by atoms with van der Waals surface area (Å²) in [6.07, 6.45) is 1.73. The maximum Gasteiger partial charge on any atom is 0.228 e. The van der Waals surface area contributed by atoms with E-state index in [1.807, 2.05) is 0 Å². The lowest BCUT2D eigenvalue weighted by atomic mass is 10.0. The molecule has 9 heteroatoms. The number of amides is 1. The molecule has 3 saturated heterocycles. The van der Waals surface area contributed by atoms with Gasteiger partial charge in [-0.15, -0.1) is 0 Å². The highest BCUT2D eigenvalue weighted by atomic mass is 32.2. The molecule has 0 aromatic carbocycles. The van der Waals surface area contributed by atoms with Crippen LogP contribution in [0.5, 0.6) is 0 Å². The Kier molecular flexibility index (Phi) is 4.67. The van der Waals surface area contributed by atoms with Crippen LogP contribution in [0.4, 0.5) is 0 Å². The molecule has 0 saturated carbocycles. The monoisotopic (exact) mass is 347 g/mol. The standard InChI is InChI=1S/C14H25N3O5S/c1-23(20,21)17-8-12(9-17)13(18)16-3-2-14(19,11-16)10-15-4-6-22-7-5-15/h12,19H,2-11H2,1H3/t14-/m1/s1. The molecule has 3 fully saturated rings. The number of aliphatic hydroxyl groups is 1. The van der Waals surface area contributed by atoms with Gasteiger partial charge in [0.05, 0.1) is 37.5 Å². The molecule has 0 aromatic heterocycles. The normalized spacial score (nSPS) is 31.3. The molecule has 3 aliphatic rings. The molecule has 8 nitrogen and oxygen atoms in total. The Morgan fingerprint density at radius 1 is 1.26 bits per heavy atom. The fourth-order valence-electron chi connectivity index (χ4n) is 3.47. The lowest BCUT2D eigenvalue weighted by Crippen LogP contribution is -2.56. The SMILES string of the molecule is CS(=O)(=O)N1CC(C(=O)N2CC[C@@](O)(CN3CCOCC3)C2)C1. The number of morpholine rings is 1. The second-order valence-electron chi connectivity index (χ2n) is 6.90. The number of hydrogen-bond donors (Lipinski definition) is 1. The van der Waals surface area contributed by atoms with E-state index < -0.39 is 15.6 Å². The van der Waals surface area contributed by atoms with Gasteiger partial charge in [-0.25, -0.2) is 12.7 Å². The van der Waals surface area contributed by atoms with E-state index in [2.05, 4.69) is 4.90 Å². The highest BCUT2D eigenvalue weighted by molar-refractivity contribution is 7.88. The highest BCUT2D eigenvalue weighted by Gasteiger charge is 2.45. The van der Waals surface area contributed by atoms with Crippen molar-refractivity contribution < 1.29 is 23.1 Å². The summed E-state index contributed by atoms with van der Waals surface area (Å²) in [5.41, 5.74) is -0.868. The third-order valence-corrected chi connectivity index (χ3v) is 6.17. The zero-order valence-corrected chi connectivity index (χ0v) is 14.3. The van der Waals surface area contributed by atoms with Crippen LogP contribution in [0.2, 0.25) is 0 Å². The van der Waals surface area contributed by atoms with E-state index in [9.17, 15) is 18.3 Å². The van der Waals surface area contributed by atoms with Crippen LogP contribution in [0.25, 0.3) is 0 Å². The van der Waals surface area contributed by atoms with Crippen LogP contribution in [0.15, 0.2) is 0 Å². The van der Waals surface area contributed by atoms with Crippen molar-refractivity contribution in [1.82, 2.24) is 14.1 Å². The van der Waals surface area contributed by atoms with Crippen LogP contribution in [-0.2, 0) is 19.6 Å². The summed E-state index contributed by atoms with van der Waals surface area (Å²) in [5.74, 6) is -0.307. The maximum atomic E-state index is 12.4. The Balaban J connectivity index is 1.50. The van der Waals surface area contributed by atoms with E-state index >= 15 is 0 Å². The molecule has 0 bridgehead atoms. The first kappa shape index (κ1) is 17.1. The van der Waals surface area contributed by atoms with Gasteiger partial charge in [0.2, 0.25) is 15.9 Å². The number of carbonyl (C=O) groups excluding carboxylic acids is 1. The van der Waals surface area contributed by atoms with Gasteiger partial charge in [-0.3, -0.25) is 9.69 Å². The number of carbonyl (C=O) groups is 1. The summed E-state index contributed by atoms with van der Waals surface area (Å²) in [5, 5.41) is 10.7. The Hall–Kier alpha value is -0.740. The molecule has 23 heavy (non-hydrogen) atoms. The lowest BCUT2D eigenvalue weighted by molar-refractivity contribution is -0.139. The van der Waals surface area contributed by atoms with Gasteiger partial charge >= 0.3 is 0 Å². The third-order valence-electron chi connectivity index (χ3n) is 4.93. The molecule has 1 N–H and O–H groups in total.